The van der Waals surface area contributed by atoms with E-state index in [0.29, 0.717) is 12.3 Å². The van der Waals surface area contributed by atoms with Crippen LogP contribution in [0.1, 0.15) is 75.0 Å². The van der Waals surface area contributed by atoms with Crippen LogP contribution in [-0.4, -0.2) is 42.4 Å². The molecule has 1 saturated carbocycles. The molecule has 0 bridgehead atoms. The number of nitrogens with zero attached hydrogens (tertiary/aromatic N) is 1. The zero-order valence-electron chi connectivity index (χ0n) is 20.4. The molecule has 1 saturated heterocycles. The second-order valence-corrected chi connectivity index (χ2v) is 10.1. The molecule has 2 aliphatic rings. The van der Waals surface area contributed by atoms with Crippen LogP contribution in [0.5, 0.6) is 0 Å². The first-order chi connectivity index (χ1) is 16.6. The van der Waals surface area contributed by atoms with Gasteiger partial charge in [0.05, 0.1) is 12.0 Å². The molecule has 182 valence electrons. The number of carbonyl (C=O) groups is 2. The molecule has 2 amide bonds. The van der Waals surface area contributed by atoms with Gasteiger partial charge in [0.15, 0.2) is 0 Å². The van der Waals surface area contributed by atoms with Gasteiger partial charge in [-0.25, -0.2) is 0 Å². The van der Waals surface area contributed by atoms with Crippen molar-refractivity contribution in [3.05, 3.63) is 71.8 Å². The molecule has 2 atom stereocenters. The zero-order valence-corrected chi connectivity index (χ0v) is 20.4. The minimum Gasteiger partial charge on any atom is -0.353 e. The maximum absolute atomic E-state index is 12.7. The van der Waals surface area contributed by atoms with Crippen LogP contribution in [0, 0.1) is 5.92 Å². The van der Waals surface area contributed by atoms with E-state index < -0.39 is 0 Å². The lowest BCUT2D eigenvalue weighted by atomic mass is 9.83. The summed E-state index contributed by atoms with van der Waals surface area (Å²) in [5.41, 5.74) is 2.24. The molecule has 1 unspecified atom stereocenters. The maximum Gasteiger partial charge on any atom is 0.227 e. The number of amides is 2. The fourth-order valence-electron chi connectivity index (χ4n) is 5.05. The van der Waals surface area contributed by atoms with Crippen molar-refractivity contribution in [3.8, 4) is 0 Å². The fraction of sp³-hybridized carbons (Fsp3) is 0.517. The standard InChI is InChI=1S/C29H39N3O2/c1-22(24-11-4-2-5-12-24)29(34)30-26-15-18-32(19-16-26)20-17-27(25-13-6-3-7-14-25)31-28(33)21-23-9-8-10-23/h2-7,11-14,22-23,26-27H,8-10,15-21H2,1H3,(H,30,34)(H,31,33)/t22-,27?/m1/s1. The van der Waals surface area contributed by atoms with Crippen molar-refractivity contribution in [1.82, 2.24) is 15.5 Å². The van der Waals surface area contributed by atoms with E-state index in [1.165, 1.54) is 24.8 Å². The van der Waals surface area contributed by atoms with Gasteiger partial charge in [-0.3, -0.25) is 9.59 Å². The summed E-state index contributed by atoms with van der Waals surface area (Å²) in [6.07, 6.45) is 7.16. The van der Waals surface area contributed by atoms with E-state index >= 15 is 0 Å². The average Bonchev–Trinajstić information content (AvgIpc) is 2.85. The number of rotatable bonds is 10. The van der Waals surface area contributed by atoms with Gasteiger partial charge in [-0.15, -0.1) is 0 Å². The lowest BCUT2D eigenvalue weighted by Gasteiger charge is -2.34. The van der Waals surface area contributed by atoms with Crippen molar-refractivity contribution in [2.24, 2.45) is 5.92 Å². The number of benzene rings is 2. The number of nitrogens with one attached hydrogen (secondary N) is 2. The Morgan fingerprint density at radius 1 is 0.912 bits per heavy atom. The van der Waals surface area contributed by atoms with Gasteiger partial charge in [-0.2, -0.15) is 0 Å². The van der Waals surface area contributed by atoms with Crippen molar-refractivity contribution in [2.75, 3.05) is 19.6 Å². The summed E-state index contributed by atoms with van der Waals surface area (Å²) in [6.45, 7) is 4.87. The molecule has 2 aromatic carbocycles. The Morgan fingerprint density at radius 3 is 2.12 bits per heavy atom. The molecule has 2 aromatic rings. The number of piperidine rings is 1. The van der Waals surface area contributed by atoms with Crippen molar-refractivity contribution >= 4 is 11.8 Å². The molecule has 34 heavy (non-hydrogen) atoms. The molecular weight excluding hydrogens is 422 g/mol. The van der Waals surface area contributed by atoms with Crippen LogP contribution in [-0.2, 0) is 9.59 Å². The highest BCUT2D eigenvalue weighted by Gasteiger charge is 2.25. The summed E-state index contributed by atoms with van der Waals surface area (Å²) in [7, 11) is 0. The van der Waals surface area contributed by atoms with Crippen LogP contribution in [0.3, 0.4) is 0 Å². The van der Waals surface area contributed by atoms with Crippen LogP contribution in [0.4, 0.5) is 0 Å². The Hall–Kier alpha value is -2.66. The zero-order chi connectivity index (χ0) is 23.8. The first-order valence-corrected chi connectivity index (χ1v) is 13.0. The third-order valence-corrected chi connectivity index (χ3v) is 7.60. The molecule has 2 fully saturated rings. The van der Waals surface area contributed by atoms with E-state index in [-0.39, 0.29) is 29.8 Å². The number of likely N-dealkylation sites (tertiary alicyclic amines) is 1. The highest BCUT2D eigenvalue weighted by Crippen LogP contribution is 2.29. The maximum atomic E-state index is 12.7. The van der Waals surface area contributed by atoms with E-state index in [0.717, 1.165) is 44.5 Å². The first kappa shape index (κ1) is 24.5. The van der Waals surface area contributed by atoms with Gasteiger partial charge in [0, 0.05) is 32.1 Å². The summed E-state index contributed by atoms with van der Waals surface area (Å²) in [6, 6.07) is 20.6. The van der Waals surface area contributed by atoms with Gasteiger partial charge in [0.2, 0.25) is 11.8 Å². The van der Waals surface area contributed by atoms with Gasteiger partial charge < -0.3 is 15.5 Å². The lowest BCUT2D eigenvalue weighted by Crippen LogP contribution is -2.46. The van der Waals surface area contributed by atoms with E-state index in [1.807, 2.05) is 55.5 Å². The van der Waals surface area contributed by atoms with Crippen LogP contribution >= 0.6 is 0 Å². The molecule has 0 radical (unpaired) electrons. The summed E-state index contributed by atoms with van der Waals surface area (Å²) in [5.74, 6) is 0.750. The Bertz CT molecular complexity index is 905. The minimum atomic E-state index is -0.130. The normalized spacial score (nSPS) is 19.1. The summed E-state index contributed by atoms with van der Waals surface area (Å²) in [5, 5.41) is 6.57. The van der Waals surface area contributed by atoms with Gasteiger partial charge in [-0.1, -0.05) is 67.1 Å². The van der Waals surface area contributed by atoms with Crippen LogP contribution < -0.4 is 10.6 Å². The SMILES string of the molecule is C[C@@H](C(=O)NC1CCN(CCC(NC(=O)CC2CCC2)c2ccccc2)CC1)c1ccccc1. The molecule has 5 nitrogen and oxygen atoms in total. The predicted octanol–water partition coefficient (Wildman–Crippen LogP) is 4.81. The second-order valence-electron chi connectivity index (χ2n) is 10.1. The molecule has 1 heterocycles. The largest absolute Gasteiger partial charge is 0.353 e. The third-order valence-electron chi connectivity index (χ3n) is 7.60. The van der Waals surface area contributed by atoms with E-state index in [9.17, 15) is 9.59 Å². The van der Waals surface area contributed by atoms with Gasteiger partial charge >= 0.3 is 0 Å². The highest BCUT2D eigenvalue weighted by molar-refractivity contribution is 5.83. The predicted molar refractivity (Wildman–Crippen MR) is 136 cm³/mol. The van der Waals surface area contributed by atoms with Gasteiger partial charge in [0.1, 0.15) is 0 Å². The molecule has 2 N–H and O–H groups in total. The summed E-state index contributed by atoms with van der Waals surface area (Å²) >= 11 is 0. The highest BCUT2D eigenvalue weighted by atomic mass is 16.2. The summed E-state index contributed by atoms with van der Waals surface area (Å²) in [4.78, 5) is 27.8. The van der Waals surface area contributed by atoms with E-state index in [4.69, 9.17) is 0 Å². The van der Waals surface area contributed by atoms with Crippen LogP contribution in [0.15, 0.2) is 60.7 Å². The molecule has 0 spiro atoms. The number of carbonyl (C=O) groups excluding carboxylic acids is 2. The van der Waals surface area contributed by atoms with E-state index in [1.54, 1.807) is 0 Å². The van der Waals surface area contributed by atoms with Gasteiger partial charge in [0.25, 0.3) is 0 Å². The molecule has 5 heteroatoms. The Balaban J connectivity index is 1.23. The fourth-order valence-corrected chi connectivity index (χ4v) is 5.05. The van der Waals surface area contributed by atoms with Crippen molar-refractivity contribution < 1.29 is 9.59 Å². The van der Waals surface area contributed by atoms with Crippen molar-refractivity contribution in [3.63, 3.8) is 0 Å². The number of hydrogen-bond acceptors (Lipinski definition) is 3. The van der Waals surface area contributed by atoms with Crippen LogP contribution in [0.25, 0.3) is 0 Å². The smallest absolute Gasteiger partial charge is 0.227 e. The van der Waals surface area contributed by atoms with Gasteiger partial charge in [-0.05, 0) is 56.1 Å². The molecular formula is C29H39N3O2. The third kappa shape index (κ3) is 6.92. The van der Waals surface area contributed by atoms with Crippen molar-refractivity contribution in [2.45, 2.75) is 69.9 Å². The Morgan fingerprint density at radius 2 is 1.53 bits per heavy atom. The quantitative estimate of drug-likeness (QED) is 0.534. The molecule has 1 aliphatic heterocycles. The first-order valence-electron chi connectivity index (χ1n) is 13.0. The Labute approximate surface area is 204 Å². The molecule has 4 rings (SSSR count). The topological polar surface area (TPSA) is 61.4 Å². The minimum absolute atomic E-state index is 0.0536. The number of hydrogen-bond donors (Lipinski definition) is 2. The lowest BCUT2D eigenvalue weighted by molar-refractivity contribution is -0.124. The average molecular weight is 462 g/mol. The monoisotopic (exact) mass is 461 g/mol. The Kier molecular flexibility index (Phi) is 8.75. The second kappa shape index (κ2) is 12.2. The van der Waals surface area contributed by atoms with E-state index in [2.05, 4.69) is 27.7 Å². The summed E-state index contributed by atoms with van der Waals surface area (Å²) < 4.78 is 0. The van der Waals surface area contributed by atoms with Crippen LogP contribution in [0.2, 0.25) is 0 Å². The molecule has 1 aliphatic carbocycles. The molecule has 0 aromatic heterocycles. The van der Waals surface area contributed by atoms with Crippen molar-refractivity contribution in [1.29, 1.82) is 0 Å².